The Morgan fingerprint density at radius 2 is 2.20 bits per heavy atom. The van der Waals surface area contributed by atoms with E-state index in [2.05, 4.69) is 56.8 Å². The van der Waals surface area contributed by atoms with Crippen molar-refractivity contribution in [2.45, 2.75) is 25.6 Å². The maximum Gasteiger partial charge on any atom is 0.117 e. The highest BCUT2D eigenvalue weighted by atomic mass is 32.1. The summed E-state index contributed by atoms with van der Waals surface area (Å²) in [4.78, 5) is 7.24. The Morgan fingerprint density at radius 3 is 3.04 bits per heavy atom. The molecule has 0 radical (unpaired) electrons. The SMILES string of the molecule is COCCn1ccnc1[C@@H]1CN(Cc2ccsc2)Cc2ccccc21. The van der Waals surface area contributed by atoms with Crippen molar-refractivity contribution in [3.8, 4) is 0 Å². The minimum Gasteiger partial charge on any atom is -0.383 e. The van der Waals surface area contributed by atoms with E-state index >= 15 is 0 Å². The molecule has 5 heteroatoms. The summed E-state index contributed by atoms with van der Waals surface area (Å²) in [7, 11) is 1.75. The lowest BCUT2D eigenvalue weighted by atomic mass is 9.89. The monoisotopic (exact) mass is 353 g/mol. The maximum atomic E-state index is 5.26. The average Bonchev–Trinajstić information content (AvgIpc) is 3.31. The minimum absolute atomic E-state index is 0.301. The lowest BCUT2D eigenvalue weighted by Crippen LogP contribution is -2.34. The second kappa shape index (κ2) is 7.52. The number of nitrogens with zero attached hydrogens (tertiary/aromatic N) is 3. The molecule has 1 aliphatic rings. The van der Waals surface area contributed by atoms with Gasteiger partial charge >= 0.3 is 0 Å². The molecular weight excluding hydrogens is 330 g/mol. The van der Waals surface area contributed by atoms with Crippen LogP contribution in [-0.4, -0.2) is 34.7 Å². The Labute approximate surface area is 152 Å². The Kier molecular flexibility index (Phi) is 4.97. The number of hydrogen-bond donors (Lipinski definition) is 0. The summed E-state index contributed by atoms with van der Waals surface area (Å²) in [6.07, 6.45) is 3.97. The van der Waals surface area contributed by atoms with Gasteiger partial charge in [-0.3, -0.25) is 4.90 Å². The highest BCUT2D eigenvalue weighted by Crippen LogP contribution is 2.33. The van der Waals surface area contributed by atoms with E-state index in [0.29, 0.717) is 12.5 Å². The molecule has 0 saturated heterocycles. The van der Waals surface area contributed by atoms with E-state index in [4.69, 9.17) is 9.72 Å². The topological polar surface area (TPSA) is 30.3 Å². The number of thiophene rings is 1. The molecule has 25 heavy (non-hydrogen) atoms. The van der Waals surface area contributed by atoms with Crippen LogP contribution in [0, 0.1) is 0 Å². The zero-order chi connectivity index (χ0) is 17.1. The fourth-order valence-corrected chi connectivity index (χ4v) is 4.33. The van der Waals surface area contributed by atoms with E-state index in [1.54, 1.807) is 18.4 Å². The van der Waals surface area contributed by atoms with E-state index in [1.807, 2.05) is 6.20 Å². The van der Waals surface area contributed by atoms with E-state index in [9.17, 15) is 0 Å². The molecule has 0 amide bonds. The number of aromatic nitrogens is 2. The quantitative estimate of drug-likeness (QED) is 0.676. The molecule has 0 fully saturated rings. The van der Waals surface area contributed by atoms with Crippen LogP contribution in [0.15, 0.2) is 53.5 Å². The van der Waals surface area contributed by atoms with Crippen LogP contribution in [0.5, 0.6) is 0 Å². The Balaban J connectivity index is 1.64. The van der Waals surface area contributed by atoms with Crippen molar-refractivity contribution in [3.05, 3.63) is 76.0 Å². The average molecular weight is 353 g/mol. The van der Waals surface area contributed by atoms with Crippen LogP contribution in [0.3, 0.4) is 0 Å². The molecule has 4 nitrogen and oxygen atoms in total. The predicted molar refractivity (Wildman–Crippen MR) is 101 cm³/mol. The molecule has 1 atom stereocenters. The van der Waals surface area contributed by atoms with Gasteiger partial charge in [0.2, 0.25) is 0 Å². The number of imidazole rings is 1. The van der Waals surface area contributed by atoms with Crippen molar-refractivity contribution in [1.82, 2.24) is 14.5 Å². The lowest BCUT2D eigenvalue weighted by molar-refractivity contribution is 0.184. The molecule has 3 heterocycles. The molecule has 0 aliphatic carbocycles. The van der Waals surface area contributed by atoms with Gasteiger partial charge in [-0.05, 0) is 33.5 Å². The van der Waals surface area contributed by atoms with Crippen molar-refractivity contribution >= 4 is 11.3 Å². The number of methoxy groups -OCH3 is 1. The van der Waals surface area contributed by atoms with Gasteiger partial charge in [0.1, 0.15) is 5.82 Å². The van der Waals surface area contributed by atoms with E-state index < -0.39 is 0 Å². The zero-order valence-electron chi connectivity index (χ0n) is 14.5. The van der Waals surface area contributed by atoms with Gasteiger partial charge in [0.25, 0.3) is 0 Å². The summed E-state index contributed by atoms with van der Waals surface area (Å²) >= 11 is 1.77. The Bertz CT molecular complexity index is 812. The second-order valence-corrected chi connectivity index (χ2v) is 7.30. The third-order valence-corrected chi connectivity index (χ3v) is 5.58. The summed E-state index contributed by atoms with van der Waals surface area (Å²) in [5.74, 6) is 1.44. The van der Waals surface area contributed by atoms with Gasteiger partial charge in [0, 0.05) is 45.7 Å². The summed E-state index contributed by atoms with van der Waals surface area (Å²) < 4.78 is 7.50. The normalized spacial score (nSPS) is 17.6. The summed E-state index contributed by atoms with van der Waals surface area (Å²) in [5.41, 5.74) is 4.22. The van der Waals surface area contributed by atoms with E-state index in [1.165, 1.54) is 16.7 Å². The predicted octanol–water partition coefficient (Wildman–Crippen LogP) is 3.74. The Hall–Kier alpha value is -1.95. The van der Waals surface area contributed by atoms with Gasteiger partial charge in [0.15, 0.2) is 0 Å². The van der Waals surface area contributed by atoms with E-state index in [0.717, 1.165) is 32.0 Å². The molecule has 130 valence electrons. The molecular formula is C20H23N3OS. The van der Waals surface area contributed by atoms with Gasteiger partial charge < -0.3 is 9.30 Å². The number of ether oxygens (including phenoxy) is 1. The van der Waals surface area contributed by atoms with Crippen LogP contribution in [0.4, 0.5) is 0 Å². The molecule has 2 aromatic heterocycles. The number of fused-ring (bicyclic) bond motifs is 1. The van der Waals surface area contributed by atoms with Crippen molar-refractivity contribution < 1.29 is 4.74 Å². The zero-order valence-corrected chi connectivity index (χ0v) is 15.3. The third kappa shape index (κ3) is 3.54. The molecule has 1 aromatic carbocycles. The second-order valence-electron chi connectivity index (χ2n) is 6.52. The summed E-state index contributed by atoms with van der Waals surface area (Å²) in [6, 6.07) is 11.0. The molecule has 1 aliphatic heterocycles. The lowest BCUT2D eigenvalue weighted by Gasteiger charge is -2.34. The smallest absolute Gasteiger partial charge is 0.117 e. The molecule has 0 saturated carbocycles. The standard InChI is InChI=1S/C20H23N3OS/c1-24-10-9-23-8-7-21-20(23)19-14-22(12-16-6-11-25-15-16)13-17-4-2-3-5-18(17)19/h2-8,11,15,19H,9-10,12-14H2,1H3/t19-/m1/s1. The molecule has 0 unspecified atom stereocenters. The van der Waals surface area contributed by atoms with Gasteiger partial charge in [-0.2, -0.15) is 11.3 Å². The van der Waals surface area contributed by atoms with Crippen LogP contribution in [-0.2, 0) is 24.4 Å². The number of rotatable bonds is 6. The molecule has 3 aromatic rings. The fraction of sp³-hybridized carbons (Fsp3) is 0.350. The van der Waals surface area contributed by atoms with Gasteiger partial charge in [0.05, 0.1) is 12.5 Å². The third-order valence-electron chi connectivity index (χ3n) is 4.85. The highest BCUT2D eigenvalue weighted by Gasteiger charge is 2.29. The van der Waals surface area contributed by atoms with Gasteiger partial charge in [-0.1, -0.05) is 24.3 Å². The van der Waals surface area contributed by atoms with Gasteiger partial charge in [-0.15, -0.1) is 0 Å². The van der Waals surface area contributed by atoms with Crippen LogP contribution < -0.4 is 0 Å². The minimum atomic E-state index is 0.301. The van der Waals surface area contributed by atoms with Crippen molar-refractivity contribution in [2.24, 2.45) is 0 Å². The first kappa shape index (κ1) is 16.5. The van der Waals surface area contributed by atoms with Gasteiger partial charge in [-0.25, -0.2) is 4.98 Å². The first-order valence-corrected chi connectivity index (χ1v) is 9.60. The van der Waals surface area contributed by atoms with Crippen molar-refractivity contribution in [2.75, 3.05) is 20.3 Å². The number of benzene rings is 1. The Morgan fingerprint density at radius 1 is 1.28 bits per heavy atom. The molecule has 4 rings (SSSR count). The first-order valence-electron chi connectivity index (χ1n) is 8.66. The van der Waals surface area contributed by atoms with Crippen molar-refractivity contribution in [3.63, 3.8) is 0 Å². The highest BCUT2D eigenvalue weighted by molar-refractivity contribution is 7.07. The first-order chi connectivity index (χ1) is 12.3. The maximum absolute atomic E-state index is 5.26. The largest absolute Gasteiger partial charge is 0.383 e. The van der Waals surface area contributed by atoms with Crippen molar-refractivity contribution in [1.29, 1.82) is 0 Å². The van der Waals surface area contributed by atoms with Crippen LogP contribution >= 0.6 is 11.3 Å². The van der Waals surface area contributed by atoms with Crippen LogP contribution in [0.25, 0.3) is 0 Å². The van der Waals surface area contributed by atoms with E-state index in [-0.39, 0.29) is 0 Å². The fourth-order valence-electron chi connectivity index (χ4n) is 3.67. The molecule has 0 N–H and O–H groups in total. The molecule has 0 spiro atoms. The van der Waals surface area contributed by atoms with Crippen LogP contribution in [0.1, 0.15) is 28.4 Å². The summed E-state index contributed by atoms with van der Waals surface area (Å²) in [6.45, 7) is 4.54. The number of hydrogen-bond acceptors (Lipinski definition) is 4. The molecule has 0 bridgehead atoms. The van der Waals surface area contributed by atoms with Crippen LogP contribution in [0.2, 0.25) is 0 Å². The summed E-state index contributed by atoms with van der Waals surface area (Å²) in [5, 5.41) is 4.40.